The summed E-state index contributed by atoms with van der Waals surface area (Å²) < 4.78 is 0. The van der Waals surface area contributed by atoms with E-state index in [1.54, 1.807) is 0 Å². The van der Waals surface area contributed by atoms with Gasteiger partial charge in [-0.1, -0.05) is 32.1 Å². The molecule has 1 saturated carbocycles. The molecule has 1 aromatic rings. The Morgan fingerprint density at radius 3 is 2.54 bits per heavy atom. The number of hydrogen-bond acceptors (Lipinski definition) is 5. The molecule has 2 aliphatic rings. The molecule has 1 saturated heterocycles. The lowest BCUT2D eigenvalue weighted by molar-refractivity contribution is 0.198. The van der Waals surface area contributed by atoms with Crippen LogP contribution < -0.4 is 10.2 Å². The fourth-order valence-electron chi connectivity index (χ4n) is 3.96. The Hall–Kier alpha value is -1.36. The topological polar surface area (TPSA) is 44.3 Å². The Balaban J connectivity index is 1.47. The summed E-state index contributed by atoms with van der Waals surface area (Å²) in [5, 5.41) is 3.42. The van der Waals surface area contributed by atoms with Gasteiger partial charge in [-0.05, 0) is 38.8 Å². The van der Waals surface area contributed by atoms with Crippen molar-refractivity contribution in [2.75, 3.05) is 43.4 Å². The van der Waals surface area contributed by atoms with Crippen LogP contribution in [-0.2, 0) is 0 Å². The summed E-state index contributed by atoms with van der Waals surface area (Å²) in [6.07, 6.45) is 14.1. The summed E-state index contributed by atoms with van der Waals surface area (Å²) >= 11 is 0. The number of rotatable bonds is 6. The minimum atomic E-state index is 0.768. The molecule has 5 heteroatoms. The first-order valence-electron chi connectivity index (χ1n) is 9.85. The highest BCUT2D eigenvalue weighted by Gasteiger charge is 2.17. The van der Waals surface area contributed by atoms with E-state index in [2.05, 4.69) is 27.1 Å². The maximum absolute atomic E-state index is 4.73. The maximum atomic E-state index is 4.73. The van der Waals surface area contributed by atoms with Gasteiger partial charge >= 0.3 is 0 Å². The third kappa shape index (κ3) is 5.07. The van der Waals surface area contributed by atoms with Crippen molar-refractivity contribution in [2.45, 2.75) is 63.8 Å². The van der Waals surface area contributed by atoms with Crippen LogP contribution in [0.15, 0.2) is 12.3 Å². The van der Waals surface area contributed by atoms with Gasteiger partial charge in [0, 0.05) is 38.4 Å². The first-order chi connectivity index (χ1) is 11.8. The molecule has 24 heavy (non-hydrogen) atoms. The SMILES string of the molecule is CN(CCNc1nccc(N2CCCCCC2)n1)C1CCCCC1. The highest BCUT2D eigenvalue weighted by molar-refractivity contribution is 5.42. The molecule has 1 aromatic heterocycles. The third-order valence-corrected chi connectivity index (χ3v) is 5.52. The molecule has 1 aliphatic heterocycles. The van der Waals surface area contributed by atoms with Gasteiger partial charge in [0.1, 0.15) is 5.82 Å². The first-order valence-corrected chi connectivity index (χ1v) is 9.85. The molecule has 0 amide bonds. The number of anilines is 2. The first kappa shape index (κ1) is 17.5. The van der Waals surface area contributed by atoms with Gasteiger partial charge in [0.05, 0.1) is 0 Å². The van der Waals surface area contributed by atoms with Crippen molar-refractivity contribution in [1.82, 2.24) is 14.9 Å². The van der Waals surface area contributed by atoms with Crippen molar-refractivity contribution in [3.63, 3.8) is 0 Å². The zero-order chi connectivity index (χ0) is 16.6. The van der Waals surface area contributed by atoms with Crippen LogP contribution >= 0.6 is 0 Å². The summed E-state index contributed by atoms with van der Waals surface area (Å²) in [5.74, 6) is 1.85. The Bertz CT molecular complexity index is 478. The summed E-state index contributed by atoms with van der Waals surface area (Å²) in [7, 11) is 2.26. The molecule has 2 fully saturated rings. The molecule has 0 atom stereocenters. The van der Waals surface area contributed by atoms with Crippen LogP contribution in [0.3, 0.4) is 0 Å². The molecule has 0 spiro atoms. The molecule has 1 N–H and O–H groups in total. The van der Waals surface area contributed by atoms with Gasteiger partial charge in [-0.3, -0.25) is 0 Å². The highest BCUT2D eigenvalue weighted by atomic mass is 15.2. The smallest absolute Gasteiger partial charge is 0.224 e. The van der Waals surface area contributed by atoms with E-state index < -0.39 is 0 Å². The van der Waals surface area contributed by atoms with Gasteiger partial charge < -0.3 is 15.1 Å². The molecular formula is C19H33N5. The van der Waals surface area contributed by atoms with Crippen molar-refractivity contribution in [3.8, 4) is 0 Å². The van der Waals surface area contributed by atoms with Crippen molar-refractivity contribution in [1.29, 1.82) is 0 Å². The zero-order valence-electron chi connectivity index (χ0n) is 15.2. The zero-order valence-corrected chi connectivity index (χ0v) is 15.2. The highest BCUT2D eigenvalue weighted by Crippen LogP contribution is 2.21. The maximum Gasteiger partial charge on any atom is 0.224 e. The summed E-state index contributed by atoms with van der Waals surface area (Å²) in [6, 6.07) is 2.81. The van der Waals surface area contributed by atoms with Crippen molar-refractivity contribution in [2.24, 2.45) is 0 Å². The number of nitrogens with one attached hydrogen (secondary N) is 1. The van der Waals surface area contributed by atoms with E-state index in [4.69, 9.17) is 4.98 Å². The molecule has 1 aliphatic carbocycles. The van der Waals surface area contributed by atoms with Gasteiger partial charge in [-0.15, -0.1) is 0 Å². The van der Waals surface area contributed by atoms with Gasteiger partial charge in [-0.2, -0.15) is 4.98 Å². The van der Waals surface area contributed by atoms with E-state index in [0.717, 1.165) is 44.0 Å². The molecule has 5 nitrogen and oxygen atoms in total. The average Bonchev–Trinajstić information content (AvgIpc) is 2.92. The van der Waals surface area contributed by atoms with E-state index >= 15 is 0 Å². The van der Waals surface area contributed by atoms with Crippen LogP contribution in [0.4, 0.5) is 11.8 Å². The Morgan fingerprint density at radius 2 is 1.79 bits per heavy atom. The second-order valence-corrected chi connectivity index (χ2v) is 7.34. The fraction of sp³-hybridized carbons (Fsp3) is 0.789. The second kappa shape index (κ2) is 9.21. The summed E-state index contributed by atoms with van der Waals surface area (Å²) in [5.41, 5.74) is 0. The average molecular weight is 332 g/mol. The van der Waals surface area contributed by atoms with Gasteiger partial charge in [0.25, 0.3) is 0 Å². The number of nitrogens with zero attached hydrogens (tertiary/aromatic N) is 4. The van der Waals surface area contributed by atoms with E-state index in [0.29, 0.717) is 0 Å². The van der Waals surface area contributed by atoms with Crippen LogP contribution in [0.2, 0.25) is 0 Å². The molecule has 0 radical (unpaired) electrons. The minimum Gasteiger partial charge on any atom is -0.356 e. The van der Waals surface area contributed by atoms with E-state index in [1.807, 2.05) is 12.3 Å². The van der Waals surface area contributed by atoms with Crippen LogP contribution in [0.25, 0.3) is 0 Å². The molecule has 0 aromatic carbocycles. The number of hydrogen-bond donors (Lipinski definition) is 1. The lowest BCUT2D eigenvalue weighted by atomic mass is 9.94. The van der Waals surface area contributed by atoms with E-state index in [-0.39, 0.29) is 0 Å². The van der Waals surface area contributed by atoms with E-state index in [9.17, 15) is 0 Å². The van der Waals surface area contributed by atoms with Gasteiger partial charge in [-0.25, -0.2) is 4.98 Å². The predicted molar refractivity (Wildman–Crippen MR) is 101 cm³/mol. The molecule has 3 rings (SSSR count). The van der Waals surface area contributed by atoms with Crippen LogP contribution in [0.5, 0.6) is 0 Å². The minimum absolute atomic E-state index is 0.768. The quantitative estimate of drug-likeness (QED) is 0.864. The standard InChI is InChI=1S/C19H33N5/c1-23(17-9-5-4-6-10-17)16-13-21-19-20-12-11-18(22-19)24-14-7-2-3-8-15-24/h11-12,17H,2-10,13-16H2,1H3,(H,20,21,22). The summed E-state index contributed by atoms with van der Waals surface area (Å²) in [4.78, 5) is 14.0. The third-order valence-electron chi connectivity index (χ3n) is 5.52. The molecule has 0 bridgehead atoms. The van der Waals surface area contributed by atoms with Crippen LogP contribution in [-0.4, -0.2) is 54.1 Å². The normalized spacial score (nSPS) is 20.2. The van der Waals surface area contributed by atoms with Crippen LogP contribution in [0.1, 0.15) is 57.8 Å². The monoisotopic (exact) mass is 331 g/mol. The Kier molecular flexibility index (Phi) is 6.70. The Morgan fingerprint density at radius 1 is 1.08 bits per heavy atom. The van der Waals surface area contributed by atoms with Crippen molar-refractivity contribution < 1.29 is 0 Å². The summed E-state index contributed by atoms with van der Waals surface area (Å²) in [6.45, 7) is 4.22. The number of likely N-dealkylation sites (N-methyl/N-ethyl adjacent to an activating group) is 1. The lowest BCUT2D eigenvalue weighted by Crippen LogP contribution is -2.36. The van der Waals surface area contributed by atoms with Gasteiger partial charge in [0.15, 0.2) is 0 Å². The molecule has 134 valence electrons. The lowest BCUT2D eigenvalue weighted by Gasteiger charge is -2.31. The van der Waals surface area contributed by atoms with Crippen LogP contribution in [0, 0.1) is 0 Å². The van der Waals surface area contributed by atoms with Crippen molar-refractivity contribution in [3.05, 3.63) is 12.3 Å². The fourth-order valence-corrected chi connectivity index (χ4v) is 3.96. The molecule has 2 heterocycles. The predicted octanol–water partition coefficient (Wildman–Crippen LogP) is 3.53. The van der Waals surface area contributed by atoms with Gasteiger partial charge in [0.2, 0.25) is 5.95 Å². The van der Waals surface area contributed by atoms with E-state index in [1.165, 1.54) is 57.8 Å². The molecular weight excluding hydrogens is 298 g/mol. The Labute approximate surface area is 146 Å². The second-order valence-electron chi connectivity index (χ2n) is 7.34. The number of aromatic nitrogens is 2. The largest absolute Gasteiger partial charge is 0.356 e. The van der Waals surface area contributed by atoms with Crippen molar-refractivity contribution >= 4 is 11.8 Å². The molecule has 0 unspecified atom stereocenters.